The Kier molecular flexibility index (Phi) is 6.54. The molecule has 0 aliphatic heterocycles. The molecular formula is C14H4Cl2F9N3OS. The Bertz CT molecular complexity index is 1010. The monoisotopic (exact) mass is 503 g/mol. The Morgan fingerprint density at radius 1 is 1.03 bits per heavy atom. The quantitative estimate of drug-likeness (QED) is 0.395. The summed E-state index contributed by atoms with van der Waals surface area (Å²) in [6.07, 6.45) is -14.1. The third-order valence-corrected chi connectivity index (χ3v) is 5.07. The number of rotatable bonds is 3. The van der Waals surface area contributed by atoms with E-state index in [1.165, 1.54) is 0 Å². The van der Waals surface area contributed by atoms with Gasteiger partial charge in [0.05, 0.1) is 31.9 Å². The molecule has 2 aromatic rings. The third-order valence-electron chi connectivity index (χ3n) is 3.36. The lowest BCUT2D eigenvalue weighted by Crippen LogP contribution is -2.24. The molecule has 16 heteroatoms. The molecule has 1 N–H and O–H groups in total. The highest BCUT2D eigenvalue weighted by molar-refractivity contribution is 8.00. The van der Waals surface area contributed by atoms with Gasteiger partial charge in [0.2, 0.25) is 0 Å². The number of nitrogens with zero attached hydrogens (tertiary/aromatic N) is 3. The minimum atomic E-state index is -5.52. The van der Waals surface area contributed by atoms with Crippen molar-refractivity contribution in [2.75, 3.05) is 0 Å². The number of aromatic nitrogens is 2. The van der Waals surface area contributed by atoms with E-state index in [0.29, 0.717) is 12.1 Å². The van der Waals surface area contributed by atoms with Crippen molar-refractivity contribution in [3.63, 3.8) is 0 Å². The number of aliphatic hydroxyl groups is 1. The first-order valence-corrected chi connectivity index (χ1v) is 8.65. The number of alkyl halides is 9. The summed E-state index contributed by atoms with van der Waals surface area (Å²) >= 11 is 10.0. The molecule has 2 rings (SSSR count). The molecule has 0 fully saturated rings. The highest BCUT2D eigenvalue weighted by atomic mass is 35.5. The van der Waals surface area contributed by atoms with Crippen LogP contribution in [0.25, 0.3) is 5.69 Å². The van der Waals surface area contributed by atoms with E-state index in [-0.39, 0.29) is 4.68 Å². The molecule has 0 amide bonds. The van der Waals surface area contributed by atoms with Gasteiger partial charge in [0.1, 0.15) is 6.07 Å². The predicted molar refractivity (Wildman–Crippen MR) is 86.2 cm³/mol. The van der Waals surface area contributed by atoms with Crippen LogP contribution in [0.4, 0.5) is 39.5 Å². The molecule has 1 atom stereocenters. The van der Waals surface area contributed by atoms with E-state index in [0.717, 1.165) is 6.07 Å². The summed E-state index contributed by atoms with van der Waals surface area (Å²) in [7, 11) is 0. The Morgan fingerprint density at radius 3 is 2.03 bits per heavy atom. The summed E-state index contributed by atoms with van der Waals surface area (Å²) in [5.74, 6) is 0. The van der Waals surface area contributed by atoms with Crippen molar-refractivity contribution in [3.8, 4) is 11.8 Å². The van der Waals surface area contributed by atoms with Gasteiger partial charge in [0, 0.05) is 0 Å². The lowest BCUT2D eigenvalue weighted by atomic mass is 10.1. The Labute approximate surface area is 174 Å². The van der Waals surface area contributed by atoms with Crippen molar-refractivity contribution in [2.24, 2.45) is 0 Å². The molecule has 0 bridgehead atoms. The summed E-state index contributed by atoms with van der Waals surface area (Å²) in [5.41, 5.74) is -10.2. The molecule has 1 unspecified atom stereocenters. The van der Waals surface area contributed by atoms with E-state index in [2.05, 4.69) is 5.10 Å². The molecule has 0 radical (unpaired) electrons. The molecule has 0 aliphatic carbocycles. The number of hydrogen-bond acceptors (Lipinski definition) is 4. The molecule has 0 aliphatic rings. The van der Waals surface area contributed by atoms with Crippen LogP contribution in [0.5, 0.6) is 0 Å². The summed E-state index contributed by atoms with van der Waals surface area (Å²) in [4.78, 5) is -1.40. The van der Waals surface area contributed by atoms with Crippen LogP contribution in [0.3, 0.4) is 0 Å². The SMILES string of the molecule is N#Cc1nn(-c2ccc(C(F)(F)F)c(Cl)c2Cl)c(C(O)C(F)(F)F)c1SC(F)(F)F. The zero-order chi connectivity index (χ0) is 23.2. The molecule has 30 heavy (non-hydrogen) atoms. The van der Waals surface area contributed by atoms with Crippen molar-refractivity contribution in [1.29, 1.82) is 5.26 Å². The van der Waals surface area contributed by atoms with E-state index in [1.807, 2.05) is 0 Å². The molecule has 1 heterocycles. The Balaban J connectivity index is 2.87. The molecule has 1 aromatic carbocycles. The van der Waals surface area contributed by atoms with Gasteiger partial charge in [-0.3, -0.25) is 0 Å². The summed E-state index contributed by atoms with van der Waals surface area (Å²) < 4.78 is 116. The molecule has 164 valence electrons. The zero-order valence-corrected chi connectivity index (χ0v) is 15.9. The van der Waals surface area contributed by atoms with Crippen LogP contribution >= 0.6 is 35.0 Å². The maximum absolute atomic E-state index is 13.1. The highest BCUT2D eigenvalue weighted by Crippen LogP contribution is 2.47. The van der Waals surface area contributed by atoms with Crippen molar-refractivity contribution >= 4 is 35.0 Å². The molecule has 1 aromatic heterocycles. The van der Waals surface area contributed by atoms with Crippen LogP contribution in [-0.4, -0.2) is 26.6 Å². The zero-order valence-electron chi connectivity index (χ0n) is 13.6. The summed E-state index contributed by atoms with van der Waals surface area (Å²) in [6, 6.07) is 1.93. The molecular weight excluding hydrogens is 500 g/mol. The van der Waals surface area contributed by atoms with Crippen molar-refractivity contribution < 1.29 is 44.6 Å². The number of aliphatic hydroxyl groups excluding tert-OH is 1. The second-order valence-electron chi connectivity index (χ2n) is 5.34. The maximum atomic E-state index is 13.1. The number of benzene rings is 1. The average Bonchev–Trinajstić information content (AvgIpc) is 2.90. The van der Waals surface area contributed by atoms with Gasteiger partial charge < -0.3 is 5.11 Å². The van der Waals surface area contributed by atoms with Crippen LogP contribution in [0.2, 0.25) is 10.0 Å². The van der Waals surface area contributed by atoms with E-state index in [4.69, 9.17) is 28.5 Å². The summed E-state index contributed by atoms with van der Waals surface area (Å²) in [6.45, 7) is 0. The molecule has 0 saturated heterocycles. The standard InChI is InChI=1S/C14H4Cl2F9N3OS/c15-7-4(12(17,18)19)1-2-6(8(7)16)28-9(11(29)13(20,21)22)10(5(3-26)27-28)30-14(23,24)25/h1-2,11,29H. The Hall–Kier alpha value is -1.82. The van der Waals surface area contributed by atoms with Crippen LogP contribution in [0.1, 0.15) is 23.1 Å². The van der Waals surface area contributed by atoms with Gasteiger partial charge in [0.25, 0.3) is 0 Å². The van der Waals surface area contributed by atoms with Gasteiger partial charge >= 0.3 is 17.9 Å². The van der Waals surface area contributed by atoms with Crippen molar-refractivity contribution in [1.82, 2.24) is 9.78 Å². The second-order valence-corrected chi connectivity index (χ2v) is 7.17. The molecule has 0 spiro atoms. The van der Waals surface area contributed by atoms with Gasteiger partial charge in [-0.25, -0.2) is 4.68 Å². The van der Waals surface area contributed by atoms with Gasteiger partial charge in [-0.05, 0) is 23.9 Å². The van der Waals surface area contributed by atoms with E-state index in [1.54, 1.807) is 0 Å². The Morgan fingerprint density at radius 2 is 1.60 bits per heavy atom. The van der Waals surface area contributed by atoms with Crippen LogP contribution in [-0.2, 0) is 6.18 Å². The van der Waals surface area contributed by atoms with Crippen molar-refractivity contribution in [3.05, 3.63) is 39.1 Å². The van der Waals surface area contributed by atoms with Crippen molar-refractivity contribution in [2.45, 2.75) is 28.9 Å². The van der Waals surface area contributed by atoms with Gasteiger partial charge in [-0.15, -0.1) is 0 Å². The smallest absolute Gasteiger partial charge is 0.378 e. The van der Waals surface area contributed by atoms with Crippen LogP contribution in [0.15, 0.2) is 17.0 Å². The number of halogens is 11. The number of nitriles is 1. The van der Waals surface area contributed by atoms with Gasteiger partial charge in [-0.2, -0.15) is 49.9 Å². The fourth-order valence-corrected chi connectivity index (χ4v) is 3.44. The van der Waals surface area contributed by atoms with Gasteiger partial charge in [-0.1, -0.05) is 23.2 Å². The normalized spacial score (nSPS) is 14.0. The maximum Gasteiger partial charge on any atom is 0.446 e. The van der Waals surface area contributed by atoms with Gasteiger partial charge in [0.15, 0.2) is 11.8 Å². The molecule has 0 saturated carbocycles. The average molecular weight is 504 g/mol. The fraction of sp³-hybridized carbons (Fsp3) is 0.286. The van der Waals surface area contributed by atoms with E-state index >= 15 is 0 Å². The highest BCUT2D eigenvalue weighted by Gasteiger charge is 2.46. The largest absolute Gasteiger partial charge is 0.446 e. The predicted octanol–water partition coefficient (Wildman–Crippen LogP) is 6.28. The van der Waals surface area contributed by atoms with E-state index < -0.39 is 73.3 Å². The molecule has 4 nitrogen and oxygen atoms in total. The third kappa shape index (κ3) is 4.90. The second kappa shape index (κ2) is 8.03. The lowest BCUT2D eigenvalue weighted by molar-refractivity contribution is -0.209. The minimum Gasteiger partial charge on any atom is -0.378 e. The topological polar surface area (TPSA) is 61.8 Å². The fourth-order valence-electron chi connectivity index (χ4n) is 2.21. The number of hydrogen-bond donors (Lipinski definition) is 1. The van der Waals surface area contributed by atoms with E-state index in [9.17, 15) is 44.6 Å². The minimum absolute atomic E-state index is 0.000842. The summed E-state index contributed by atoms with van der Waals surface area (Å²) in [5, 5.41) is 19.7. The lowest BCUT2D eigenvalue weighted by Gasteiger charge is -2.19. The first-order chi connectivity index (χ1) is 13.5. The first kappa shape index (κ1) is 24.4. The first-order valence-electron chi connectivity index (χ1n) is 7.08. The van der Waals surface area contributed by atoms with Crippen LogP contribution in [0, 0.1) is 11.3 Å². The van der Waals surface area contributed by atoms with Crippen LogP contribution < -0.4 is 0 Å². The number of thioether (sulfide) groups is 1.